The minimum atomic E-state index is -1.26. The van der Waals surface area contributed by atoms with Crippen molar-refractivity contribution in [2.75, 3.05) is 45.9 Å². The van der Waals surface area contributed by atoms with Crippen LogP contribution < -0.4 is 0 Å². The summed E-state index contributed by atoms with van der Waals surface area (Å²) in [5, 5.41) is 15.6. The highest BCUT2D eigenvalue weighted by molar-refractivity contribution is 5.89. The zero-order chi connectivity index (χ0) is 27.7. The molecule has 206 valence electrons. The number of aryl methyl sites for hydroxylation is 1. The molecule has 0 aliphatic carbocycles. The molecule has 1 fully saturated rings. The van der Waals surface area contributed by atoms with Crippen LogP contribution in [0, 0.1) is 0 Å². The van der Waals surface area contributed by atoms with Crippen LogP contribution in [0.2, 0.25) is 0 Å². The van der Waals surface area contributed by atoms with Crippen LogP contribution in [0.15, 0.2) is 103 Å². The second kappa shape index (κ2) is 16.9. The summed E-state index contributed by atoms with van der Waals surface area (Å²) in [5.74, 6) is -2.51. The largest absolute Gasteiger partial charge is 0.478 e. The van der Waals surface area contributed by atoms with Crippen LogP contribution in [0.5, 0.6) is 0 Å². The molecule has 0 aromatic heterocycles. The minimum absolute atomic E-state index is 0.00155. The summed E-state index contributed by atoms with van der Waals surface area (Å²) >= 11 is 0. The monoisotopic (exact) mass is 530 g/mol. The predicted molar refractivity (Wildman–Crippen MR) is 153 cm³/mol. The van der Waals surface area contributed by atoms with Crippen LogP contribution in [-0.4, -0.2) is 77.8 Å². The quantitative estimate of drug-likeness (QED) is 0.327. The van der Waals surface area contributed by atoms with Gasteiger partial charge < -0.3 is 19.8 Å². The van der Waals surface area contributed by atoms with Gasteiger partial charge in [0.25, 0.3) is 0 Å². The molecular formula is C32H38N2O5. The van der Waals surface area contributed by atoms with E-state index < -0.39 is 11.9 Å². The molecule has 3 aromatic carbocycles. The van der Waals surface area contributed by atoms with E-state index >= 15 is 0 Å². The van der Waals surface area contributed by atoms with E-state index in [4.69, 9.17) is 14.9 Å². The average molecular weight is 531 g/mol. The predicted octanol–water partition coefficient (Wildman–Crippen LogP) is 4.75. The fraction of sp³-hybridized carbons (Fsp3) is 0.312. The Labute approximate surface area is 231 Å². The summed E-state index contributed by atoms with van der Waals surface area (Å²) in [7, 11) is 0. The zero-order valence-corrected chi connectivity index (χ0v) is 22.3. The smallest absolute Gasteiger partial charge is 0.328 e. The van der Waals surface area contributed by atoms with E-state index in [2.05, 4.69) is 101 Å². The standard InChI is InChI=1S/C28H34N2O.C4H4O4/c1-4-11-25(12-5-1)13-10-18-29-19-21-30(22-20-29)23-24-31-28(26-14-6-2-7-15-26)27-16-8-3-9-17-27;5-3(6)1-2-4(7)8/h1-9,11-12,14-17,28H,10,13,18-24H2;1-2H,(H,5,6)(H,7,8). The van der Waals surface area contributed by atoms with Gasteiger partial charge in [0, 0.05) is 44.9 Å². The number of rotatable bonds is 12. The first-order valence-corrected chi connectivity index (χ1v) is 13.4. The first kappa shape index (κ1) is 29.8. The number of benzene rings is 3. The molecule has 39 heavy (non-hydrogen) atoms. The second-order valence-corrected chi connectivity index (χ2v) is 9.35. The maximum Gasteiger partial charge on any atom is 0.328 e. The Hall–Kier alpha value is -3.78. The Morgan fingerprint density at radius 2 is 1.13 bits per heavy atom. The average Bonchev–Trinajstić information content (AvgIpc) is 2.97. The van der Waals surface area contributed by atoms with Crippen LogP contribution in [0.25, 0.3) is 0 Å². The van der Waals surface area contributed by atoms with Crippen LogP contribution in [-0.2, 0) is 20.7 Å². The molecule has 4 rings (SSSR count). The number of piperazine rings is 1. The summed E-state index contributed by atoms with van der Waals surface area (Å²) < 4.78 is 6.40. The third kappa shape index (κ3) is 11.7. The van der Waals surface area contributed by atoms with E-state index in [1.165, 1.54) is 36.1 Å². The first-order valence-electron chi connectivity index (χ1n) is 13.4. The van der Waals surface area contributed by atoms with Gasteiger partial charge in [-0.25, -0.2) is 9.59 Å². The van der Waals surface area contributed by atoms with E-state index in [1.54, 1.807) is 0 Å². The molecule has 1 aliphatic rings. The van der Waals surface area contributed by atoms with Gasteiger partial charge in [0.15, 0.2) is 0 Å². The molecule has 1 heterocycles. The van der Waals surface area contributed by atoms with E-state index in [1.807, 2.05) is 0 Å². The summed E-state index contributed by atoms with van der Waals surface area (Å²) in [6, 6.07) is 31.9. The van der Waals surface area contributed by atoms with Crippen molar-refractivity contribution in [1.29, 1.82) is 0 Å². The van der Waals surface area contributed by atoms with Gasteiger partial charge in [-0.05, 0) is 36.1 Å². The SMILES string of the molecule is O=C(O)C=CC(=O)O.c1ccc(CCCN2CCN(CCOC(c3ccccc3)c3ccccc3)CC2)cc1. The van der Waals surface area contributed by atoms with Crippen molar-refractivity contribution >= 4 is 11.9 Å². The van der Waals surface area contributed by atoms with E-state index in [9.17, 15) is 9.59 Å². The Kier molecular flexibility index (Phi) is 12.9. The number of ether oxygens (including phenoxy) is 1. The van der Waals surface area contributed by atoms with E-state index in [0.717, 1.165) is 39.3 Å². The highest BCUT2D eigenvalue weighted by Gasteiger charge is 2.18. The van der Waals surface area contributed by atoms with Crippen molar-refractivity contribution in [3.05, 3.63) is 120 Å². The lowest BCUT2D eigenvalue weighted by Crippen LogP contribution is -2.47. The van der Waals surface area contributed by atoms with Crippen LogP contribution >= 0.6 is 0 Å². The van der Waals surface area contributed by atoms with E-state index in [0.29, 0.717) is 12.2 Å². The minimum Gasteiger partial charge on any atom is -0.478 e. The number of hydrogen-bond donors (Lipinski definition) is 2. The fourth-order valence-electron chi connectivity index (χ4n) is 4.47. The van der Waals surface area contributed by atoms with Crippen molar-refractivity contribution in [3.63, 3.8) is 0 Å². The molecule has 3 aromatic rings. The van der Waals surface area contributed by atoms with Gasteiger partial charge in [-0.15, -0.1) is 0 Å². The van der Waals surface area contributed by atoms with Gasteiger partial charge in [-0.1, -0.05) is 91.0 Å². The lowest BCUT2D eigenvalue weighted by Gasteiger charge is -2.35. The van der Waals surface area contributed by atoms with Crippen molar-refractivity contribution in [1.82, 2.24) is 9.80 Å². The Morgan fingerprint density at radius 1 is 0.692 bits per heavy atom. The lowest BCUT2D eigenvalue weighted by molar-refractivity contribution is -0.134. The van der Waals surface area contributed by atoms with Gasteiger partial charge >= 0.3 is 11.9 Å². The van der Waals surface area contributed by atoms with Crippen LogP contribution in [0.1, 0.15) is 29.2 Å². The second-order valence-electron chi connectivity index (χ2n) is 9.35. The number of aliphatic carboxylic acids is 2. The molecule has 0 unspecified atom stereocenters. The van der Waals surface area contributed by atoms with Crippen molar-refractivity contribution in [2.24, 2.45) is 0 Å². The summed E-state index contributed by atoms with van der Waals surface area (Å²) in [5.41, 5.74) is 3.89. The van der Waals surface area contributed by atoms with E-state index in [-0.39, 0.29) is 6.10 Å². The van der Waals surface area contributed by atoms with Gasteiger partial charge in [0.2, 0.25) is 0 Å². The normalized spacial score (nSPS) is 14.2. The van der Waals surface area contributed by atoms with Crippen molar-refractivity contribution in [3.8, 4) is 0 Å². The molecule has 0 saturated carbocycles. The van der Waals surface area contributed by atoms with Crippen molar-refractivity contribution < 1.29 is 24.5 Å². The maximum atomic E-state index is 9.55. The topological polar surface area (TPSA) is 90.3 Å². The van der Waals surface area contributed by atoms with Gasteiger partial charge in [0.1, 0.15) is 6.10 Å². The van der Waals surface area contributed by atoms with Gasteiger partial charge in [-0.3, -0.25) is 4.90 Å². The number of carbonyl (C=O) groups is 2. The number of hydrogen-bond acceptors (Lipinski definition) is 5. The van der Waals surface area contributed by atoms with Crippen LogP contribution in [0.4, 0.5) is 0 Å². The molecule has 7 heteroatoms. The summed E-state index contributed by atoms with van der Waals surface area (Å²) in [6.07, 6.45) is 3.53. The molecule has 1 saturated heterocycles. The molecule has 0 radical (unpaired) electrons. The summed E-state index contributed by atoms with van der Waals surface area (Å²) in [6.45, 7) is 7.54. The fourth-order valence-corrected chi connectivity index (χ4v) is 4.47. The molecular weight excluding hydrogens is 492 g/mol. The van der Waals surface area contributed by atoms with Crippen LogP contribution in [0.3, 0.4) is 0 Å². The first-order chi connectivity index (χ1) is 19.0. The molecule has 0 spiro atoms. The number of nitrogens with zero attached hydrogens (tertiary/aromatic N) is 2. The summed E-state index contributed by atoms with van der Waals surface area (Å²) in [4.78, 5) is 24.3. The molecule has 7 nitrogen and oxygen atoms in total. The van der Waals surface area contributed by atoms with Crippen molar-refractivity contribution in [2.45, 2.75) is 18.9 Å². The van der Waals surface area contributed by atoms with Gasteiger partial charge in [-0.2, -0.15) is 0 Å². The molecule has 0 atom stereocenters. The highest BCUT2D eigenvalue weighted by Crippen LogP contribution is 2.25. The lowest BCUT2D eigenvalue weighted by atomic mass is 10.0. The third-order valence-electron chi connectivity index (χ3n) is 6.51. The molecule has 0 bridgehead atoms. The third-order valence-corrected chi connectivity index (χ3v) is 6.51. The Bertz CT molecular complexity index is 1080. The van der Waals surface area contributed by atoms with Gasteiger partial charge in [0.05, 0.1) is 6.61 Å². The highest BCUT2D eigenvalue weighted by atomic mass is 16.5. The number of carboxylic acid groups (broad SMARTS) is 2. The molecule has 1 aliphatic heterocycles. The molecule has 2 N–H and O–H groups in total. The maximum absolute atomic E-state index is 9.55. The zero-order valence-electron chi connectivity index (χ0n) is 22.3. The Morgan fingerprint density at radius 3 is 1.59 bits per heavy atom. The Balaban J connectivity index is 0.000000459. The number of carboxylic acids is 2. The molecule has 0 amide bonds.